The number of nitrogen functional groups attached to an aromatic ring is 2. The van der Waals surface area contributed by atoms with Gasteiger partial charge in [-0.3, -0.25) is 0 Å². The summed E-state index contributed by atoms with van der Waals surface area (Å²) in [6.07, 6.45) is 5.34. The van der Waals surface area contributed by atoms with Crippen LogP contribution in [-0.2, 0) is 0 Å². The number of rotatable bonds is 2. The molecular formula is C14H12N2O3. The van der Waals surface area contributed by atoms with Gasteiger partial charge in [-0.15, -0.1) is 6.42 Å². The van der Waals surface area contributed by atoms with Crippen LogP contribution in [0.25, 0.3) is 0 Å². The number of nitrogens with two attached hydrogens (primary N) is 2. The molecular weight excluding hydrogens is 244 g/mol. The maximum Gasteiger partial charge on any atom is 0.145 e. The molecule has 0 heterocycles. The zero-order valence-corrected chi connectivity index (χ0v) is 9.92. The van der Waals surface area contributed by atoms with Gasteiger partial charge in [0.15, 0.2) is 0 Å². The number of ether oxygens (including phenoxy) is 1. The van der Waals surface area contributed by atoms with E-state index in [1.54, 1.807) is 0 Å². The first kappa shape index (κ1) is 12.5. The normalized spacial score (nSPS) is 9.84. The summed E-state index contributed by atoms with van der Waals surface area (Å²) in [7, 11) is 0. The summed E-state index contributed by atoms with van der Waals surface area (Å²) < 4.78 is 5.55. The van der Waals surface area contributed by atoms with E-state index in [9.17, 15) is 10.2 Å². The topological polar surface area (TPSA) is 102 Å². The van der Waals surface area contributed by atoms with Crippen LogP contribution in [-0.4, -0.2) is 10.2 Å². The summed E-state index contributed by atoms with van der Waals surface area (Å²) in [6, 6.07) is 7.29. The Kier molecular flexibility index (Phi) is 3.08. The van der Waals surface area contributed by atoms with Crippen molar-refractivity contribution in [2.75, 3.05) is 11.5 Å². The number of phenolic OH excluding ortho intramolecular Hbond substituents is 2. The van der Waals surface area contributed by atoms with Crippen molar-refractivity contribution < 1.29 is 14.9 Å². The Morgan fingerprint density at radius 2 is 1.74 bits per heavy atom. The predicted molar refractivity (Wildman–Crippen MR) is 73.0 cm³/mol. The predicted octanol–water partition coefficient (Wildman–Crippen LogP) is 2.04. The van der Waals surface area contributed by atoms with E-state index in [0.29, 0.717) is 11.5 Å². The van der Waals surface area contributed by atoms with Crippen LogP contribution in [0.2, 0.25) is 0 Å². The minimum Gasteiger partial charge on any atom is -0.506 e. The third-order valence-corrected chi connectivity index (χ3v) is 2.56. The first-order chi connectivity index (χ1) is 9.02. The maximum atomic E-state index is 9.47. The highest BCUT2D eigenvalue weighted by Gasteiger charge is 2.11. The lowest BCUT2D eigenvalue weighted by Gasteiger charge is -2.11. The lowest BCUT2D eigenvalue weighted by molar-refractivity contribution is 0.461. The SMILES string of the molecule is C#Cc1c(Oc2ccc(O)c(N)c2)ccc(O)c1N. The second kappa shape index (κ2) is 4.70. The molecule has 5 nitrogen and oxygen atoms in total. The molecule has 0 saturated carbocycles. The third-order valence-electron chi connectivity index (χ3n) is 2.56. The van der Waals surface area contributed by atoms with E-state index in [0.717, 1.165) is 0 Å². The molecule has 0 aliphatic heterocycles. The van der Waals surface area contributed by atoms with Crippen molar-refractivity contribution in [2.45, 2.75) is 0 Å². The Morgan fingerprint density at radius 1 is 1.05 bits per heavy atom. The molecule has 0 amide bonds. The molecule has 6 N–H and O–H groups in total. The average Bonchev–Trinajstić information content (AvgIpc) is 2.39. The Balaban J connectivity index is 2.41. The third kappa shape index (κ3) is 2.33. The van der Waals surface area contributed by atoms with Crippen molar-refractivity contribution in [3.63, 3.8) is 0 Å². The number of terminal acetylenes is 1. The zero-order chi connectivity index (χ0) is 14.0. The number of anilines is 2. The van der Waals surface area contributed by atoms with Crippen LogP contribution in [0, 0.1) is 12.3 Å². The van der Waals surface area contributed by atoms with Gasteiger partial charge in [0, 0.05) is 6.07 Å². The second-order valence-corrected chi connectivity index (χ2v) is 3.84. The lowest BCUT2D eigenvalue weighted by atomic mass is 10.1. The molecule has 2 aromatic carbocycles. The van der Waals surface area contributed by atoms with Crippen LogP contribution in [0.15, 0.2) is 30.3 Å². The molecule has 2 rings (SSSR count). The first-order valence-corrected chi connectivity index (χ1v) is 5.37. The van der Waals surface area contributed by atoms with Crippen LogP contribution in [0.4, 0.5) is 11.4 Å². The van der Waals surface area contributed by atoms with Gasteiger partial charge >= 0.3 is 0 Å². The molecule has 0 aromatic heterocycles. The summed E-state index contributed by atoms with van der Waals surface area (Å²) in [5, 5.41) is 18.8. The fraction of sp³-hybridized carbons (Fsp3) is 0. The van der Waals surface area contributed by atoms with Gasteiger partial charge in [-0.25, -0.2) is 0 Å². The van der Waals surface area contributed by atoms with Gasteiger partial charge in [-0.1, -0.05) is 5.92 Å². The number of benzene rings is 2. The first-order valence-electron chi connectivity index (χ1n) is 5.37. The van der Waals surface area contributed by atoms with E-state index in [2.05, 4.69) is 5.92 Å². The van der Waals surface area contributed by atoms with E-state index in [1.165, 1.54) is 30.3 Å². The molecule has 0 unspecified atom stereocenters. The Morgan fingerprint density at radius 3 is 2.37 bits per heavy atom. The van der Waals surface area contributed by atoms with E-state index >= 15 is 0 Å². The standard InChI is InChI=1S/C14H12N2O3/c1-2-9-13(6-5-12(18)14(9)16)19-8-3-4-11(17)10(15)7-8/h1,3-7,17-18H,15-16H2. The molecule has 0 aliphatic rings. The number of phenols is 2. The van der Waals surface area contributed by atoms with Crippen molar-refractivity contribution in [3.05, 3.63) is 35.9 Å². The molecule has 0 radical (unpaired) electrons. The molecule has 0 atom stereocenters. The molecule has 0 saturated heterocycles. The van der Waals surface area contributed by atoms with Gasteiger partial charge in [0.05, 0.1) is 16.9 Å². The van der Waals surface area contributed by atoms with Gasteiger partial charge in [0.2, 0.25) is 0 Å². The minimum absolute atomic E-state index is 0.0326. The van der Waals surface area contributed by atoms with Gasteiger partial charge < -0.3 is 26.4 Å². The van der Waals surface area contributed by atoms with Crippen molar-refractivity contribution in [1.82, 2.24) is 0 Å². The Bertz CT molecular complexity index is 675. The molecule has 5 heteroatoms. The monoisotopic (exact) mass is 256 g/mol. The van der Waals surface area contributed by atoms with Crippen molar-refractivity contribution in [1.29, 1.82) is 0 Å². The average molecular weight is 256 g/mol. The van der Waals surface area contributed by atoms with Crippen molar-refractivity contribution in [3.8, 4) is 35.3 Å². The van der Waals surface area contributed by atoms with Crippen LogP contribution in [0.3, 0.4) is 0 Å². The molecule has 2 aromatic rings. The largest absolute Gasteiger partial charge is 0.506 e. The van der Waals surface area contributed by atoms with Gasteiger partial charge in [-0.2, -0.15) is 0 Å². The highest BCUT2D eigenvalue weighted by molar-refractivity contribution is 5.69. The highest BCUT2D eigenvalue weighted by Crippen LogP contribution is 2.35. The fourth-order valence-corrected chi connectivity index (χ4v) is 1.55. The van der Waals surface area contributed by atoms with Crippen molar-refractivity contribution in [2.24, 2.45) is 0 Å². The number of aromatic hydroxyl groups is 2. The van der Waals surface area contributed by atoms with E-state index in [4.69, 9.17) is 22.6 Å². The highest BCUT2D eigenvalue weighted by atomic mass is 16.5. The van der Waals surface area contributed by atoms with Crippen LogP contribution in [0.5, 0.6) is 23.0 Å². The van der Waals surface area contributed by atoms with Gasteiger partial charge in [0.1, 0.15) is 23.0 Å². The number of hydrogen-bond acceptors (Lipinski definition) is 5. The summed E-state index contributed by atoms with van der Waals surface area (Å²) in [5.41, 5.74) is 11.7. The summed E-state index contributed by atoms with van der Waals surface area (Å²) >= 11 is 0. The summed E-state index contributed by atoms with van der Waals surface area (Å²) in [4.78, 5) is 0. The molecule has 0 bridgehead atoms. The second-order valence-electron chi connectivity index (χ2n) is 3.84. The lowest BCUT2D eigenvalue weighted by Crippen LogP contribution is -1.95. The molecule has 0 fully saturated rings. The Labute approximate surface area is 110 Å². The van der Waals surface area contributed by atoms with Crippen molar-refractivity contribution >= 4 is 11.4 Å². The quantitative estimate of drug-likeness (QED) is 0.374. The van der Waals surface area contributed by atoms with Crippen LogP contribution >= 0.6 is 0 Å². The molecule has 19 heavy (non-hydrogen) atoms. The molecule has 0 spiro atoms. The van der Waals surface area contributed by atoms with Crippen LogP contribution < -0.4 is 16.2 Å². The zero-order valence-electron chi connectivity index (χ0n) is 9.92. The van der Waals surface area contributed by atoms with E-state index < -0.39 is 0 Å². The minimum atomic E-state index is -0.106. The van der Waals surface area contributed by atoms with Gasteiger partial charge in [-0.05, 0) is 24.3 Å². The molecule has 0 aliphatic carbocycles. The fourth-order valence-electron chi connectivity index (χ4n) is 1.55. The molecule has 96 valence electrons. The Hall–Kier alpha value is -3.00. The van der Waals surface area contributed by atoms with Gasteiger partial charge in [0.25, 0.3) is 0 Å². The summed E-state index contributed by atoms with van der Waals surface area (Å²) in [6.45, 7) is 0. The van der Waals surface area contributed by atoms with E-state index in [1.807, 2.05) is 0 Å². The summed E-state index contributed by atoms with van der Waals surface area (Å²) in [5.74, 6) is 2.94. The number of hydrogen-bond donors (Lipinski definition) is 4. The maximum absolute atomic E-state index is 9.47. The van der Waals surface area contributed by atoms with Crippen LogP contribution in [0.1, 0.15) is 5.56 Å². The smallest absolute Gasteiger partial charge is 0.145 e. The van der Waals surface area contributed by atoms with E-state index in [-0.39, 0.29) is 28.4 Å².